The van der Waals surface area contributed by atoms with E-state index in [9.17, 15) is 0 Å². The van der Waals surface area contributed by atoms with Crippen molar-refractivity contribution in [2.75, 3.05) is 0 Å². The topological polar surface area (TPSA) is 30.9 Å². The lowest BCUT2D eigenvalue weighted by Gasteiger charge is -2.11. The number of nitrogens with zero attached hydrogens (tertiary/aromatic N) is 1. The zero-order valence-corrected chi connectivity index (χ0v) is 10.3. The molecule has 2 heteroatoms. The van der Waals surface area contributed by atoms with Crippen molar-refractivity contribution in [2.24, 2.45) is 5.73 Å². The van der Waals surface area contributed by atoms with Gasteiger partial charge in [0, 0.05) is 30.1 Å². The zero-order chi connectivity index (χ0) is 11.7. The molecule has 1 atom stereocenters. The van der Waals surface area contributed by atoms with Crippen LogP contribution < -0.4 is 5.73 Å². The van der Waals surface area contributed by atoms with Gasteiger partial charge in [-0.2, -0.15) is 0 Å². The molecule has 0 radical (unpaired) electrons. The van der Waals surface area contributed by atoms with Crippen molar-refractivity contribution in [3.63, 3.8) is 0 Å². The molecule has 2 nitrogen and oxygen atoms in total. The molecule has 0 bridgehead atoms. The number of hydrogen-bond donors (Lipinski definition) is 1. The van der Waals surface area contributed by atoms with Crippen LogP contribution in [0, 0.1) is 6.92 Å². The summed E-state index contributed by atoms with van der Waals surface area (Å²) in [7, 11) is 0. The van der Waals surface area contributed by atoms with E-state index in [2.05, 4.69) is 49.6 Å². The maximum atomic E-state index is 5.89. The fourth-order valence-electron chi connectivity index (χ4n) is 2.43. The number of benzene rings is 1. The summed E-state index contributed by atoms with van der Waals surface area (Å²) in [5.41, 5.74) is 9.95. The van der Waals surface area contributed by atoms with Gasteiger partial charge in [0.1, 0.15) is 0 Å². The predicted octanol–water partition coefficient (Wildman–Crippen LogP) is 2.86. The third kappa shape index (κ3) is 1.85. The van der Waals surface area contributed by atoms with Crippen LogP contribution in [0.2, 0.25) is 0 Å². The Hall–Kier alpha value is -1.28. The first-order valence-electron chi connectivity index (χ1n) is 5.96. The van der Waals surface area contributed by atoms with Crippen molar-refractivity contribution < 1.29 is 0 Å². The monoisotopic (exact) mass is 216 g/mol. The minimum Gasteiger partial charge on any atom is -0.345 e. The van der Waals surface area contributed by atoms with Crippen LogP contribution in [-0.4, -0.2) is 10.6 Å². The molecule has 0 saturated heterocycles. The lowest BCUT2D eigenvalue weighted by atomic mass is 10.1. The standard InChI is InChI=1S/C14H20N2/c1-4-16-13(8-11(3)15)9-12-7-5-6-10(2)14(12)16/h5-7,9,11H,4,8,15H2,1-3H3. The average molecular weight is 216 g/mol. The highest BCUT2D eigenvalue weighted by atomic mass is 15.0. The van der Waals surface area contributed by atoms with Crippen molar-refractivity contribution in [1.82, 2.24) is 4.57 Å². The zero-order valence-electron chi connectivity index (χ0n) is 10.3. The number of aryl methyl sites for hydroxylation is 2. The molecule has 0 saturated carbocycles. The highest BCUT2D eigenvalue weighted by Gasteiger charge is 2.10. The Bertz CT molecular complexity index is 495. The summed E-state index contributed by atoms with van der Waals surface area (Å²) >= 11 is 0. The van der Waals surface area contributed by atoms with Gasteiger partial charge in [-0.05, 0) is 32.4 Å². The Morgan fingerprint density at radius 3 is 2.75 bits per heavy atom. The molecule has 0 amide bonds. The minimum absolute atomic E-state index is 0.218. The fourth-order valence-corrected chi connectivity index (χ4v) is 2.43. The predicted molar refractivity (Wildman–Crippen MR) is 69.7 cm³/mol. The van der Waals surface area contributed by atoms with Gasteiger partial charge in [0.15, 0.2) is 0 Å². The van der Waals surface area contributed by atoms with Crippen molar-refractivity contribution >= 4 is 10.9 Å². The first-order valence-corrected chi connectivity index (χ1v) is 5.96. The van der Waals surface area contributed by atoms with Crippen LogP contribution in [0.25, 0.3) is 10.9 Å². The van der Waals surface area contributed by atoms with Gasteiger partial charge in [-0.3, -0.25) is 0 Å². The van der Waals surface area contributed by atoms with Crippen molar-refractivity contribution in [2.45, 2.75) is 39.8 Å². The summed E-state index contributed by atoms with van der Waals surface area (Å²) in [5, 5.41) is 1.33. The smallest absolute Gasteiger partial charge is 0.0512 e. The normalized spacial score (nSPS) is 13.2. The highest BCUT2D eigenvalue weighted by Crippen LogP contribution is 2.23. The first-order chi connectivity index (χ1) is 7.63. The molecule has 2 rings (SSSR count). The number of aromatic nitrogens is 1. The van der Waals surface area contributed by atoms with Gasteiger partial charge in [0.05, 0.1) is 5.52 Å². The van der Waals surface area contributed by atoms with E-state index in [-0.39, 0.29) is 6.04 Å². The van der Waals surface area contributed by atoms with Crippen LogP contribution in [0.4, 0.5) is 0 Å². The molecule has 0 aliphatic heterocycles. The first kappa shape index (κ1) is 11.2. The molecular formula is C14H20N2. The Balaban J connectivity index is 2.62. The van der Waals surface area contributed by atoms with Gasteiger partial charge in [-0.25, -0.2) is 0 Å². The molecule has 1 unspecified atom stereocenters. The third-order valence-electron chi connectivity index (χ3n) is 3.06. The van der Waals surface area contributed by atoms with Crippen LogP contribution in [0.1, 0.15) is 25.1 Å². The molecule has 2 aromatic rings. The van der Waals surface area contributed by atoms with Crippen molar-refractivity contribution in [3.8, 4) is 0 Å². The van der Waals surface area contributed by atoms with E-state index in [1.807, 2.05) is 0 Å². The molecule has 16 heavy (non-hydrogen) atoms. The highest BCUT2D eigenvalue weighted by molar-refractivity contribution is 5.84. The lowest BCUT2D eigenvalue weighted by molar-refractivity contribution is 0.665. The van der Waals surface area contributed by atoms with E-state index in [4.69, 9.17) is 5.73 Å². The van der Waals surface area contributed by atoms with E-state index < -0.39 is 0 Å². The Labute approximate surface area is 97.1 Å². The average Bonchev–Trinajstić information content (AvgIpc) is 2.55. The van der Waals surface area contributed by atoms with Crippen LogP contribution in [-0.2, 0) is 13.0 Å². The van der Waals surface area contributed by atoms with Crippen molar-refractivity contribution in [1.29, 1.82) is 0 Å². The Kier molecular flexibility index (Phi) is 3.01. The van der Waals surface area contributed by atoms with Gasteiger partial charge in [-0.15, -0.1) is 0 Å². The van der Waals surface area contributed by atoms with E-state index in [0.717, 1.165) is 13.0 Å². The number of fused-ring (bicyclic) bond motifs is 1. The SMILES string of the molecule is CCn1c(CC(C)N)cc2cccc(C)c21. The molecule has 2 N–H and O–H groups in total. The fraction of sp³-hybridized carbons (Fsp3) is 0.429. The number of para-hydroxylation sites is 1. The van der Waals surface area contributed by atoms with Gasteiger partial charge < -0.3 is 10.3 Å². The molecule has 0 spiro atoms. The molecule has 1 aromatic heterocycles. The summed E-state index contributed by atoms with van der Waals surface area (Å²) in [6.45, 7) is 7.43. The van der Waals surface area contributed by atoms with Crippen LogP contribution in [0.15, 0.2) is 24.3 Å². The van der Waals surface area contributed by atoms with E-state index >= 15 is 0 Å². The minimum atomic E-state index is 0.218. The van der Waals surface area contributed by atoms with Gasteiger partial charge in [-0.1, -0.05) is 18.2 Å². The van der Waals surface area contributed by atoms with Crippen LogP contribution in [0.5, 0.6) is 0 Å². The largest absolute Gasteiger partial charge is 0.345 e. The van der Waals surface area contributed by atoms with Gasteiger partial charge in [0.25, 0.3) is 0 Å². The van der Waals surface area contributed by atoms with Crippen LogP contribution in [0.3, 0.4) is 0 Å². The number of rotatable bonds is 3. The Morgan fingerprint density at radius 2 is 2.12 bits per heavy atom. The molecule has 0 aliphatic carbocycles. The van der Waals surface area contributed by atoms with E-state index in [1.54, 1.807) is 0 Å². The maximum absolute atomic E-state index is 5.89. The molecule has 0 aliphatic rings. The van der Waals surface area contributed by atoms with Crippen molar-refractivity contribution in [3.05, 3.63) is 35.5 Å². The number of nitrogens with two attached hydrogens (primary N) is 1. The summed E-state index contributed by atoms with van der Waals surface area (Å²) in [4.78, 5) is 0. The lowest BCUT2D eigenvalue weighted by Crippen LogP contribution is -2.19. The second-order valence-corrected chi connectivity index (χ2v) is 4.57. The van der Waals surface area contributed by atoms with Gasteiger partial charge in [0.2, 0.25) is 0 Å². The second kappa shape index (κ2) is 4.30. The molecule has 1 heterocycles. The third-order valence-corrected chi connectivity index (χ3v) is 3.06. The van der Waals surface area contributed by atoms with Gasteiger partial charge >= 0.3 is 0 Å². The molecule has 1 aromatic carbocycles. The second-order valence-electron chi connectivity index (χ2n) is 4.57. The number of hydrogen-bond acceptors (Lipinski definition) is 1. The summed E-state index contributed by atoms with van der Waals surface area (Å²) in [5.74, 6) is 0. The maximum Gasteiger partial charge on any atom is 0.0512 e. The molecule has 86 valence electrons. The summed E-state index contributed by atoms with van der Waals surface area (Å²) in [6.07, 6.45) is 0.946. The summed E-state index contributed by atoms with van der Waals surface area (Å²) < 4.78 is 2.38. The Morgan fingerprint density at radius 1 is 1.38 bits per heavy atom. The molecule has 0 fully saturated rings. The molecular weight excluding hydrogens is 196 g/mol. The van der Waals surface area contributed by atoms with E-state index in [1.165, 1.54) is 22.2 Å². The summed E-state index contributed by atoms with van der Waals surface area (Å²) in [6, 6.07) is 8.96. The van der Waals surface area contributed by atoms with E-state index in [0.29, 0.717) is 0 Å². The quantitative estimate of drug-likeness (QED) is 0.840. The van der Waals surface area contributed by atoms with Crippen LogP contribution >= 0.6 is 0 Å².